The predicted octanol–water partition coefficient (Wildman–Crippen LogP) is 2.92. The zero-order valence-corrected chi connectivity index (χ0v) is 10.9. The van der Waals surface area contributed by atoms with E-state index in [1.165, 1.54) is 38.5 Å². The summed E-state index contributed by atoms with van der Waals surface area (Å²) in [5.74, 6) is 0.585. The third-order valence-electron chi connectivity index (χ3n) is 2.94. The number of rotatable bonds is 10. The second kappa shape index (κ2) is 10.4. The molecule has 0 spiro atoms. The number of unbranched alkanes of at least 4 members (excludes halogenated alkanes) is 5. The van der Waals surface area contributed by atoms with Crippen LogP contribution in [0.5, 0.6) is 0 Å². The second-order valence-corrected chi connectivity index (χ2v) is 4.88. The average Bonchev–Trinajstić information content (AvgIpc) is 2.21. The number of nitrogens with two attached hydrogens (primary N) is 1. The SMILES string of the molecule is CCCCCCCCNCC(N)C(C)C. The van der Waals surface area contributed by atoms with Gasteiger partial charge in [0.1, 0.15) is 0 Å². The van der Waals surface area contributed by atoms with Gasteiger partial charge >= 0.3 is 0 Å². The lowest BCUT2D eigenvalue weighted by Gasteiger charge is -2.15. The van der Waals surface area contributed by atoms with Crippen LogP contribution in [0.15, 0.2) is 0 Å². The molecule has 0 aromatic carbocycles. The Morgan fingerprint density at radius 1 is 1.00 bits per heavy atom. The Balaban J connectivity index is 3.05. The summed E-state index contributed by atoms with van der Waals surface area (Å²) in [6.45, 7) is 8.71. The first-order valence-electron chi connectivity index (χ1n) is 6.64. The van der Waals surface area contributed by atoms with Crippen molar-refractivity contribution in [3.63, 3.8) is 0 Å². The summed E-state index contributed by atoms with van der Waals surface area (Å²) in [5.41, 5.74) is 5.93. The third kappa shape index (κ3) is 10.2. The van der Waals surface area contributed by atoms with Crippen LogP contribution in [0.1, 0.15) is 59.3 Å². The standard InChI is InChI=1S/C13H30N2/c1-4-5-6-7-8-9-10-15-11-13(14)12(2)3/h12-13,15H,4-11,14H2,1-3H3. The minimum atomic E-state index is 0.310. The Hall–Kier alpha value is -0.0800. The molecule has 0 aromatic rings. The molecule has 92 valence electrons. The Kier molecular flexibility index (Phi) is 10.4. The Labute approximate surface area is 96.0 Å². The van der Waals surface area contributed by atoms with Crippen molar-refractivity contribution in [1.29, 1.82) is 0 Å². The lowest BCUT2D eigenvalue weighted by Crippen LogP contribution is -2.38. The van der Waals surface area contributed by atoms with Gasteiger partial charge in [-0.1, -0.05) is 52.9 Å². The van der Waals surface area contributed by atoms with Gasteiger partial charge in [-0.2, -0.15) is 0 Å². The van der Waals surface area contributed by atoms with Crippen LogP contribution in [0.2, 0.25) is 0 Å². The highest BCUT2D eigenvalue weighted by Gasteiger charge is 2.05. The van der Waals surface area contributed by atoms with Gasteiger partial charge in [-0.15, -0.1) is 0 Å². The van der Waals surface area contributed by atoms with E-state index in [0.29, 0.717) is 12.0 Å². The Bertz CT molecular complexity index is 124. The monoisotopic (exact) mass is 214 g/mol. The predicted molar refractivity (Wildman–Crippen MR) is 69.1 cm³/mol. The molecule has 0 aromatic heterocycles. The van der Waals surface area contributed by atoms with Crippen molar-refractivity contribution in [3.8, 4) is 0 Å². The summed E-state index contributed by atoms with van der Waals surface area (Å²) in [6, 6.07) is 0.310. The minimum absolute atomic E-state index is 0.310. The summed E-state index contributed by atoms with van der Waals surface area (Å²) in [5, 5.41) is 3.43. The number of hydrogen-bond donors (Lipinski definition) is 2. The molecule has 0 heterocycles. The van der Waals surface area contributed by atoms with Crippen molar-refractivity contribution >= 4 is 0 Å². The second-order valence-electron chi connectivity index (χ2n) is 4.88. The topological polar surface area (TPSA) is 38.0 Å². The molecular weight excluding hydrogens is 184 g/mol. The first kappa shape index (κ1) is 14.9. The first-order chi connectivity index (χ1) is 7.18. The van der Waals surface area contributed by atoms with E-state index >= 15 is 0 Å². The van der Waals surface area contributed by atoms with E-state index in [1.54, 1.807) is 0 Å². The maximum Gasteiger partial charge on any atom is 0.0188 e. The number of hydrogen-bond acceptors (Lipinski definition) is 2. The van der Waals surface area contributed by atoms with Crippen LogP contribution in [0.4, 0.5) is 0 Å². The maximum absolute atomic E-state index is 5.93. The average molecular weight is 214 g/mol. The van der Waals surface area contributed by atoms with E-state index in [2.05, 4.69) is 26.1 Å². The molecular formula is C13H30N2. The van der Waals surface area contributed by atoms with Crippen LogP contribution in [0, 0.1) is 5.92 Å². The van der Waals surface area contributed by atoms with Crippen molar-refractivity contribution in [2.75, 3.05) is 13.1 Å². The molecule has 1 unspecified atom stereocenters. The minimum Gasteiger partial charge on any atom is -0.326 e. The van der Waals surface area contributed by atoms with Crippen LogP contribution in [-0.4, -0.2) is 19.1 Å². The maximum atomic E-state index is 5.93. The molecule has 0 amide bonds. The van der Waals surface area contributed by atoms with Gasteiger partial charge in [0.05, 0.1) is 0 Å². The van der Waals surface area contributed by atoms with Crippen molar-refractivity contribution in [2.45, 2.75) is 65.3 Å². The zero-order chi connectivity index (χ0) is 11.5. The fraction of sp³-hybridized carbons (Fsp3) is 1.00. The van der Waals surface area contributed by atoms with E-state index in [9.17, 15) is 0 Å². The quantitative estimate of drug-likeness (QED) is 0.549. The van der Waals surface area contributed by atoms with Crippen molar-refractivity contribution < 1.29 is 0 Å². The van der Waals surface area contributed by atoms with Gasteiger partial charge in [0.2, 0.25) is 0 Å². The van der Waals surface area contributed by atoms with Crippen molar-refractivity contribution in [3.05, 3.63) is 0 Å². The third-order valence-corrected chi connectivity index (χ3v) is 2.94. The molecule has 0 aliphatic carbocycles. The van der Waals surface area contributed by atoms with Gasteiger partial charge in [0, 0.05) is 12.6 Å². The van der Waals surface area contributed by atoms with E-state index in [0.717, 1.165) is 13.1 Å². The number of nitrogens with one attached hydrogen (secondary N) is 1. The van der Waals surface area contributed by atoms with Gasteiger partial charge in [0.25, 0.3) is 0 Å². The van der Waals surface area contributed by atoms with Gasteiger partial charge in [-0.25, -0.2) is 0 Å². The van der Waals surface area contributed by atoms with E-state index in [-0.39, 0.29) is 0 Å². The summed E-state index contributed by atoms with van der Waals surface area (Å²) < 4.78 is 0. The van der Waals surface area contributed by atoms with Crippen molar-refractivity contribution in [2.24, 2.45) is 11.7 Å². The molecule has 0 radical (unpaired) electrons. The molecule has 0 aliphatic heterocycles. The molecule has 3 N–H and O–H groups in total. The summed E-state index contributed by atoms with van der Waals surface area (Å²) in [4.78, 5) is 0. The highest BCUT2D eigenvalue weighted by atomic mass is 14.9. The summed E-state index contributed by atoms with van der Waals surface area (Å²) in [7, 11) is 0. The molecule has 0 bridgehead atoms. The lowest BCUT2D eigenvalue weighted by molar-refractivity contribution is 0.452. The van der Waals surface area contributed by atoms with E-state index in [4.69, 9.17) is 5.73 Å². The van der Waals surface area contributed by atoms with Crippen molar-refractivity contribution in [1.82, 2.24) is 5.32 Å². The van der Waals surface area contributed by atoms with Gasteiger partial charge in [0.15, 0.2) is 0 Å². The molecule has 2 heteroatoms. The van der Waals surface area contributed by atoms with Gasteiger partial charge < -0.3 is 11.1 Å². The van der Waals surface area contributed by atoms with Crippen LogP contribution in [0.3, 0.4) is 0 Å². The molecule has 0 aliphatic rings. The van der Waals surface area contributed by atoms with E-state index in [1.807, 2.05) is 0 Å². The molecule has 0 rings (SSSR count). The first-order valence-corrected chi connectivity index (χ1v) is 6.64. The van der Waals surface area contributed by atoms with Crippen LogP contribution < -0.4 is 11.1 Å². The van der Waals surface area contributed by atoms with Gasteiger partial charge in [-0.3, -0.25) is 0 Å². The summed E-state index contributed by atoms with van der Waals surface area (Å²) >= 11 is 0. The smallest absolute Gasteiger partial charge is 0.0188 e. The fourth-order valence-corrected chi connectivity index (χ4v) is 1.53. The van der Waals surface area contributed by atoms with Crippen LogP contribution >= 0.6 is 0 Å². The fourth-order valence-electron chi connectivity index (χ4n) is 1.53. The molecule has 0 saturated heterocycles. The van der Waals surface area contributed by atoms with Gasteiger partial charge in [-0.05, 0) is 18.9 Å². The van der Waals surface area contributed by atoms with E-state index < -0.39 is 0 Å². The highest BCUT2D eigenvalue weighted by molar-refractivity contribution is 4.67. The Morgan fingerprint density at radius 3 is 2.20 bits per heavy atom. The normalized spacial score (nSPS) is 13.4. The molecule has 15 heavy (non-hydrogen) atoms. The Morgan fingerprint density at radius 2 is 1.60 bits per heavy atom. The zero-order valence-electron chi connectivity index (χ0n) is 10.9. The molecule has 0 fully saturated rings. The molecule has 1 atom stereocenters. The van der Waals surface area contributed by atoms with Crippen LogP contribution in [0.25, 0.3) is 0 Å². The molecule has 0 saturated carbocycles. The largest absolute Gasteiger partial charge is 0.326 e. The highest BCUT2D eigenvalue weighted by Crippen LogP contribution is 2.04. The summed E-state index contributed by atoms with van der Waals surface area (Å²) in [6.07, 6.45) is 8.19. The molecule has 2 nitrogen and oxygen atoms in total. The lowest BCUT2D eigenvalue weighted by atomic mass is 10.1. The van der Waals surface area contributed by atoms with Crippen LogP contribution in [-0.2, 0) is 0 Å².